The lowest BCUT2D eigenvalue weighted by atomic mass is 10.3. The molecule has 1 heterocycles. The van der Waals surface area contributed by atoms with Gasteiger partial charge in [0.2, 0.25) is 5.91 Å². The van der Waals surface area contributed by atoms with Gasteiger partial charge in [-0.15, -0.1) is 0 Å². The second-order valence-corrected chi connectivity index (χ2v) is 4.28. The van der Waals surface area contributed by atoms with Crippen molar-refractivity contribution in [1.82, 2.24) is 15.3 Å². The van der Waals surface area contributed by atoms with Crippen LogP contribution in [0.4, 0.5) is 0 Å². The van der Waals surface area contributed by atoms with Crippen LogP contribution in [0.25, 0.3) is 17.1 Å². The van der Waals surface area contributed by atoms with Gasteiger partial charge in [0.15, 0.2) is 0 Å². The van der Waals surface area contributed by atoms with E-state index in [9.17, 15) is 4.79 Å². The van der Waals surface area contributed by atoms with Crippen LogP contribution in [0.2, 0.25) is 0 Å². The Morgan fingerprint density at radius 3 is 2.72 bits per heavy atom. The van der Waals surface area contributed by atoms with Gasteiger partial charge in [-0.05, 0) is 32.1 Å². The van der Waals surface area contributed by atoms with Crippen molar-refractivity contribution in [2.24, 2.45) is 0 Å². The molecule has 0 unspecified atom stereocenters. The molecule has 18 heavy (non-hydrogen) atoms. The molecule has 0 aliphatic heterocycles. The molecular formula is C14H15N3O. The molecule has 0 saturated carbocycles. The van der Waals surface area contributed by atoms with Gasteiger partial charge in [0.05, 0.1) is 22.9 Å². The molecule has 0 atom stereocenters. The van der Waals surface area contributed by atoms with Crippen molar-refractivity contribution in [3.63, 3.8) is 0 Å². The molecular weight excluding hydrogens is 226 g/mol. The van der Waals surface area contributed by atoms with Crippen molar-refractivity contribution in [3.05, 3.63) is 42.2 Å². The Bertz CT molecular complexity index is 590. The first-order chi connectivity index (χ1) is 8.65. The molecule has 0 fully saturated rings. The molecule has 0 aliphatic carbocycles. The first-order valence-electron chi connectivity index (χ1n) is 5.85. The Hall–Kier alpha value is -2.23. The maximum atomic E-state index is 11.4. The Labute approximate surface area is 106 Å². The molecule has 92 valence electrons. The van der Waals surface area contributed by atoms with Crippen molar-refractivity contribution in [1.29, 1.82) is 0 Å². The molecule has 4 nitrogen and oxygen atoms in total. The lowest BCUT2D eigenvalue weighted by Crippen LogP contribution is -2.28. The molecule has 0 aliphatic rings. The van der Waals surface area contributed by atoms with Gasteiger partial charge in [-0.25, -0.2) is 4.98 Å². The Kier molecular flexibility index (Phi) is 3.67. The maximum absolute atomic E-state index is 11.4. The van der Waals surface area contributed by atoms with Crippen molar-refractivity contribution in [2.45, 2.75) is 19.9 Å². The summed E-state index contributed by atoms with van der Waals surface area (Å²) in [6.07, 6.45) is 4.79. The fourth-order valence-electron chi connectivity index (χ4n) is 1.55. The van der Waals surface area contributed by atoms with Crippen LogP contribution in [0.1, 0.15) is 19.5 Å². The Morgan fingerprint density at radius 1 is 1.28 bits per heavy atom. The van der Waals surface area contributed by atoms with Crippen LogP contribution in [0.5, 0.6) is 0 Å². The predicted octanol–water partition coefficient (Wildman–Crippen LogP) is 2.17. The second kappa shape index (κ2) is 5.40. The van der Waals surface area contributed by atoms with Gasteiger partial charge in [-0.2, -0.15) is 0 Å². The average Bonchev–Trinajstić information content (AvgIpc) is 2.35. The first-order valence-corrected chi connectivity index (χ1v) is 5.85. The van der Waals surface area contributed by atoms with E-state index in [2.05, 4.69) is 15.3 Å². The Balaban J connectivity index is 2.17. The molecule has 2 rings (SSSR count). The summed E-state index contributed by atoms with van der Waals surface area (Å²) in [4.78, 5) is 20.1. The number of hydrogen-bond acceptors (Lipinski definition) is 3. The van der Waals surface area contributed by atoms with E-state index in [1.165, 1.54) is 6.08 Å². The van der Waals surface area contributed by atoms with Crippen molar-refractivity contribution < 1.29 is 4.79 Å². The summed E-state index contributed by atoms with van der Waals surface area (Å²) in [6, 6.07) is 7.76. The van der Waals surface area contributed by atoms with E-state index in [0.29, 0.717) is 5.69 Å². The molecule has 0 radical (unpaired) electrons. The Morgan fingerprint density at radius 2 is 2.00 bits per heavy atom. The quantitative estimate of drug-likeness (QED) is 0.838. The summed E-state index contributed by atoms with van der Waals surface area (Å²) in [5.74, 6) is -0.125. The van der Waals surface area contributed by atoms with Gasteiger partial charge < -0.3 is 5.32 Å². The van der Waals surface area contributed by atoms with Crippen LogP contribution in [0.3, 0.4) is 0 Å². The lowest BCUT2D eigenvalue weighted by molar-refractivity contribution is -0.116. The van der Waals surface area contributed by atoms with E-state index in [0.717, 1.165) is 11.0 Å². The third-order valence-corrected chi connectivity index (χ3v) is 2.30. The van der Waals surface area contributed by atoms with Gasteiger partial charge >= 0.3 is 0 Å². The van der Waals surface area contributed by atoms with E-state index in [1.54, 1.807) is 12.3 Å². The number of benzene rings is 1. The van der Waals surface area contributed by atoms with E-state index < -0.39 is 0 Å². The number of hydrogen-bond donors (Lipinski definition) is 1. The topological polar surface area (TPSA) is 54.9 Å². The summed E-state index contributed by atoms with van der Waals surface area (Å²) >= 11 is 0. The number of rotatable bonds is 3. The van der Waals surface area contributed by atoms with Crippen LogP contribution in [0.15, 0.2) is 36.5 Å². The summed E-state index contributed by atoms with van der Waals surface area (Å²) in [7, 11) is 0. The highest BCUT2D eigenvalue weighted by atomic mass is 16.1. The third-order valence-electron chi connectivity index (χ3n) is 2.30. The monoisotopic (exact) mass is 241 g/mol. The summed E-state index contributed by atoms with van der Waals surface area (Å²) in [5.41, 5.74) is 2.35. The predicted molar refractivity (Wildman–Crippen MR) is 71.9 cm³/mol. The minimum atomic E-state index is -0.125. The summed E-state index contributed by atoms with van der Waals surface area (Å²) < 4.78 is 0. The fourth-order valence-corrected chi connectivity index (χ4v) is 1.55. The first kappa shape index (κ1) is 12.2. The van der Waals surface area contributed by atoms with Crippen LogP contribution < -0.4 is 5.32 Å². The second-order valence-electron chi connectivity index (χ2n) is 4.28. The number of nitrogens with zero attached hydrogens (tertiary/aromatic N) is 2. The number of aromatic nitrogens is 2. The zero-order chi connectivity index (χ0) is 13.0. The molecule has 0 saturated heterocycles. The number of carbonyl (C=O) groups is 1. The standard InChI is InChI=1S/C14H15N3O/c1-10(2)16-14(18)8-7-11-9-15-12-5-3-4-6-13(12)17-11/h3-10H,1-2H3,(H,16,18)/b8-7+. The fraction of sp³-hybridized carbons (Fsp3) is 0.214. The highest BCUT2D eigenvalue weighted by Crippen LogP contribution is 2.09. The summed E-state index contributed by atoms with van der Waals surface area (Å²) in [5, 5.41) is 2.78. The van der Waals surface area contributed by atoms with Gasteiger partial charge in [0.1, 0.15) is 0 Å². The highest BCUT2D eigenvalue weighted by molar-refractivity contribution is 5.91. The molecule has 1 aromatic carbocycles. The highest BCUT2D eigenvalue weighted by Gasteiger charge is 1.99. The van der Waals surface area contributed by atoms with Gasteiger partial charge in [0, 0.05) is 12.1 Å². The van der Waals surface area contributed by atoms with E-state index in [1.807, 2.05) is 38.1 Å². The normalized spacial score (nSPS) is 11.3. The number of amides is 1. The maximum Gasteiger partial charge on any atom is 0.244 e. The molecule has 2 aromatic rings. The van der Waals surface area contributed by atoms with Gasteiger partial charge in [-0.3, -0.25) is 9.78 Å². The molecule has 1 amide bonds. The van der Waals surface area contributed by atoms with E-state index in [-0.39, 0.29) is 11.9 Å². The number of nitrogens with one attached hydrogen (secondary N) is 1. The van der Waals surface area contributed by atoms with Crippen molar-refractivity contribution in [3.8, 4) is 0 Å². The van der Waals surface area contributed by atoms with Crippen LogP contribution in [-0.4, -0.2) is 21.9 Å². The van der Waals surface area contributed by atoms with E-state index in [4.69, 9.17) is 0 Å². The van der Waals surface area contributed by atoms with Crippen LogP contribution >= 0.6 is 0 Å². The smallest absolute Gasteiger partial charge is 0.244 e. The van der Waals surface area contributed by atoms with Crippen molar-refractivity contribution in [2.75, 3.05) is 0 Å². The summed E-state index contributed by atoms with van der Waals surface area (Å²) in [6.45, 7) is 3.84. The minimum absolute atomic E-state index is 0.125. The average molecular weight is 241 g/mol. The SMILES string of the molecule is CC(C)NC(=O)/C=C/c1cnc2ccccc2n1. The largest absolute Gasteiger partial charge is 0.350 e. The lowest BCUT2D eigenvalue weighted by Gasteiger charge is -2.04. The zero-order valence-electron chi connectivity index (χ0n) is 10.4. The van der Waals surface area contributed by atoms with Crippen LogP contribution in [-0.2, 0) is 4.79 Å². The molecule has 1 aromatic heterocycles. The zero-order valence-corrected chi connectivity index (χ0v) is 10.4. The van der Waals surface area contributed by atoms with Gasteiger partial charge in [-0.1, -0.05) is 12.1 Å². The van der Waals surface area contributed by atoms with E-state index >= 15 is 0 Å². The molecule has 0 spiro atoms. The number of fused-ring (bicyclic) bond motifs is 1. The van der Waals surface area contributed by atoms with Crippen LogP contribution in [0, 0.1) is 0 Å². The molecule has 4 heteroatoms. The number of carbonyl (C=O) groups excluding carboxylic acids is 1. The van der Waals surface area contributed by atoms with Gasteiger partial charge in [0.25, 0.3) is 0 Å². The van der Waals surface area contributed by atoms with Crippen molar-refractivity contribution >= 4 is 23.0 Å². The molecule has 1 N–H and O–H groups in total. The minimum Gasteiger partial charge on any atom is -0.350 e. The molecule has 0 bridgehead atoms. The third kappa shape index (κ3) is 3.13. The number of para-hydroxylation sites is 2.